The summed E-state index contributed by atoms with van der Waals surface area (Å²) in [6, 6.07) is 0. The minimum absolute atomic E-state index is 0.176. The Morgan fingerprint density at radius 1 is 1.31 bits per heavy atom. The molecule has 0 saturated heterocycles. The number of ketones is 1. The van der Waals surface area contributed by atoms with Gasteiger partial charge in [0.1, 0.15) is 5.78 Å². The van der Waals surface area contributed by atoms with E-state index < -0.39 is 16.2 Å². The average molecular weight is 242 g/mol. The van der Waals surface area contributed by atoms with Gasteiger partial charge in [-0.25, -0.2) is 0 Å². The van der Waals surface area contributed by atoms with Crippen LogP contribution in [0.1, 0.15) is 12.8 Å². The lowest BCUT2D eigenvalue weighted by Gasteiger charge is -2.16. The van der Waals surface area contributed by atoms with Crippen molar-refractivity contribution < 1.29 is 17.4 Å². The topological polar surface area (TPSA) is 60.4 Å². The highest BCUT2D eigenvalue weighted by molar-refractivity contribution is 7.86. The van der Waals surface area contributed by atoms with E-state index in [2.05, 4.69) is 12.2 Å². The van der Waals surface area contributed by atoms with Crippen molar-refractivity contribution in [1.82, 2.24) is 0 Å². The fraction of sp³-hybridized carbons (Fsp3) is 0.727. The molecule has 2 saturated carbocycles. The number of rotatable bonds is 2. The molecular formula is C11H14O4S. The van der Waals surface area contributed by atoms with Gasteiger partial charge in [-0.1, -0.05) is 12.2 Å². The van der Waals surface area contributed by atoms with Crippen LogP contribution in [0.2, 0.25) is 0 Å². The Labute approximate surface area is 94.8 Å². The molecule has 0 aliphatic heterocycles. The van der Waals surface area contributed by atoms with E-state index in [1.54, 1.807) is 0 Å². The number of hydrogen-bond acceptors (Lipinski definition) is 4. The number of allylic oxidation sites excluding steroid dienone is 2. The third kappa shape index (κ3) is 1.45. The summed E-state index contributed by atoms with van der Waals surface area (Å²) in [5.74, 6) is 0.957. The van der Waals surface area contributed by atoms with Crippen LogP contribution in [0.15, 0.2) is 12.2 Å². The Balaban J connectivity index is 1.89. The number of hydrogen-bond donors (Lipinski definition) is 0. The molecule has 0 bridgehead atoms. The number of Topliss-reactive ketones (excluding diaryl/α,β-unsaturated/α-hetero) is 1. The predicted molar refractivity (Wildman–Crippen MR) is 57.1 cm³/mol. The first-order valence-electron chi connectivity index (χ1n) is 5.55. The standard InChI is InChI=1S/C11H14O4S/c1-16(13,14)15-9-5-7-3-2-6-4-8(12)11(9)10(6)7/h2-3,6-7,9-11H,4-5H2,1H3/t6-,7+,9-,10-,11+/m0/s1. The van der Waals surface area contributed by atoms with Gasteiger partial charge in [-0.15, -0.1) is 0 Å². The molecule has 0 radical (unpaired) electrons. The molecule has 3 aliphatic rings. The first-order chi connectivity index (χ1) is 7.46. The molecular weight excluding hydrogens is 228 g/mol. The highest BCUT2D eigenvalue weighted by Gasteiger charge is 2.56. The lowest BCUT2D eigenvalue weighted by atomic mass is 9.91. The largest absolute Gasteiger partial charge is 0.299 e. The van der Waals surface area contributed by atoms with Gasteiger partial charge in [-0.05, 0) is 24.2 Å². The van der Waals surface area contributed by atoms with Crippen molar-refractivity contribution in [3.8, 4) is 0 Å². The molecule has 0 aromatic heterocycles. The summed E-state index contributed by atoms with van der Waals surface area (Å²) in [7, 11) is -3.46. The SMILES string of the molecule is CS(=O)(=O)O[C@H]1C[C@H]2C=C[C@H]3CC(=O)[C@H]1[C@H]23. The monoisotopic (exact) mass is 242 g/mol. The van der Waals surface area contributed by atoms with Gasteiger partial charge >= 0.3 is 0 Å². The predicted octanol–water partition coefficient (Wildman–Crippen LogP) is 0.742. The minimum atomic E-state index is -3.46. The van der Waals surface area contributed by atoms with Gasteiger partial charge in [0, 0.05) is 12.3 Å². The molecule has 0 unspecified atom stereocenters. The molecule has 88 valence electrons. The van der Waals surface area contributed by atoms with E-state index in [1.165, 1.54) is 0 Å². The van der Waals surface area contributed by atoms with Crippen molar-refractivity contribution in [1.29, 1.82) is 0 Å². The second-order valence-electron chi connectivity index (χ2n) is 5.06. The molecule has 2 fully saturated rings. The summed E-state index contributed by atoms with van der Waals surface area (Å²) in [5, 5.41) is 0. The van der Waals surface area contributed by atoms with E-state index in [0.29, 0.717) is 30.6 Å². The zero-order chi connectivity index (χ0) is 11.5. The minimum Gasteiger partial charge on any atom is -0.299 e. The maximum absolute atomic E-state index is 11.8. The Bertz CT molecular complexity index is 464. The van der Waals surface area contributed by atoms with Crippen LogP contribution >= 0.6 is 0 Å². The molecule has 5 atom stereocenters. The van der Waals surface area contributed by atoms with Crippen molar-refractivity contribution in [2.75, 3.05) is 6.26 Å². The summed E-state index contributed by atoms with van der Waals surface area (Å²) in [5.41, 5.74) is 0. The molecule has 3 aliphatic carbocycles. The average Bonchev–Trinajstić information content (AvgIpc) is 2.70. The van der Waals surface area contributed by atoms with E-state index in [1.807, 2.05) is 0 Å². The number of carbonyl (C=O) groups is 1. The smallest absolute Gasteiger partial charge is 0.264 e. The molecule has 3 rings (SSSR count). The van der Waals surface area contributed by atoms with Crippen LogP contribution in [0.5, 0.6) is 0 Å². The highest BCUT2D eigenvalue weighted by Crippen LogP contribution is 2.54. The van der Waals surface area contributed by atoms with Crippen LogP contribution < -0.4 is 0 Å². The highest BCUT2D eigenvalue weighted by atomic mass is 32.2. The number of carbonyl (C=O) groups excluding carboxylic acids is 1. The lowest BCUT2D eigenvalue weighted by molar-refractivity contribution is -0.122. The Morgan fingerprint density at radius 3 is 2.69 bits per heavy atom. The molecule has 4 nitrogen and oxygen atoms in total. The fourth-order valence-corrected chi connectivity index (χ4v) is 4.26. The molecule has 0 spiro atoms. The van der Waals surface area contributed by atoms with E-state index in [-0.39, 0.29) is 11.7 Å². The summed E-state index contributed by atoms with van der Waals surface area (Å²) >= 11 is 0. The van der Waals surface area contributed by atoms with E-state index in [9.17, 15) is 13.2 Å². The lowest BCUT2D eigenvalue weighted by Crippen LogP contribution is -2.27. The molecule has 0 N–H and O–H groups in total. The van der Waals surface area contributed by atoms with Crippen LogP contribution in [0.3, 0.4) is 0 Å². The first kappa shape index (κ1) is 10.5. The first-order valence-corrected chi connectivity index (χ1v) is 7.36. The fourth-order valence-electron chi connectivity index (χ4n) is 3.61. The summed E-state index contributed by atoms with van der Waals surface area (Å²) in [6.45, 7) is 0. The Hall–Kier alpha value is -0.680. The molecule has 0 heterocycles. The molecule has 5 heteroatoms. The molecule has 16 heavy (non-hydrogen) atoms. The van der Waals surface area contributed by atoms with Gasteiger partial charge in [-0.3, -0.25) is 8.98 Å². The third-order valence-electron chi connectivity index (χ3n) is 4.02. The quantitative estimate of drug-likeness (QED) is 0.529. The third-order valence-corrected chi connectivity index (χ3v) is 4.62. The van der Waals surface area contributed by atoms with Crippen LogP contribution in [0.4, 0.5) is 0 Å². The Morgan fingerprint density at radius 2 is 2.00 bits per heavy atom. The maximum Gasteiger partial charge on any atom is 0.264 e. The molecule has 0 aromatic rings. The van der Waals surface area contributed by atoms with Crippen LogP contribution in [-0.4, -0.2) is 26.6 Å². The van der Waals surface area contributed by atoms with Crippen molar-refractivity contribution in [3.05, 3.63) is 12.2 Å². The van der Waals surface area contributed by atoms with Gasteiger partial charge in [-0.2, -0.15) is 8.42 Å². The van der Waals surface area contributed by atoms with Crippen molar-refractivity contribution in [2.24, 2.45) is 23.7 Å². The van der Waals surface area contributed by atoms with Gasteiger partial charge in [0.25, 0.3) is 10.1 Å². The van der Waals surface area contributed by atoms with Crippen molar-refractivity contribution >= 4 is 15.9 Å². The summed E-state index contributed by atoms with van der Waals surface area (Å²) < 4.78 is 27.3. The van der Waals surface area contributed by atoms with E-state index in [4.69, 9.17) is 4.18 Å². The van der Waals surface area contributed by atoms with Gasteiger partial charge in [0.15, 0.2) is 0 Å². The van der Waals surface area contributed by atoms with E-state index >= 15 is 0 Å². The second kappa shape index (κ2) is 3.17. The molecule has 0 amide bonds. The maximum atomic E-state index is 11.8. The van der Waals surface area contributed by atoms with Gasteiger partial charge in [0.2, 0.25) is 0 Å². The van der Waals surface area contributed by atoms with Crippen LogP contribution in [0.25, 0.3) is 0 Å². The summed E-state index contributed by atoms with van der Waals surface area (Å²) in [4.78, 5) is 11.8. The van der Waals surface area contributed by atoms with Crippen molar-refractivity contribution in [3.63, 3.8) is 0 Å². The second-order valence-corrected chi connectivity index (χ2v) is 6.66. The zero-order valence-corrected chi connectivity index (χ0v) is 9.81. The van der Waals surface area contributed by atoms with E-state index in [0.717, 1.165) is 6.26 Å². The normalized spacial score (nSPS) is 45.3. The van der Waals surface area contributed by atoms with Crippen molar-refractivity contribution in [2.45, 2.75) is 18.9 Å². The molecule has 0 aromatic carbocycles. The van der Waals surface area contributed by atoms with Gasteiger partial charge in [0.05, 0.1) is 12.4 Å². The van der Waals surface area contributed by atoms with Crippen LogP contribution in [0, 0.1) is 23.7 Å². The summed E-state index contributed by atoms with van der Waals surface area (Å²) in [6.07, 6.45) is 6.10. The van der Waals surface area contributed by atoms with Gasteiger partial charge < -0.3 is 0 Å². The van der Waals surface area contributed by atoms with Crippen LogP contribution in [-0.2, 0) is 19.1 Å². The zero-order valence-electron chi connectivity index (χ0n) is 9.00. The Kier molecular flexibility index (Phi) is 2.07.